The van der Waals surface area contributed by atoms with E-state index in [1.165, 1.54) is 4.68 Å². The van der Waals surface area contributed by atoms with Crippen LogP contribution in [0.1, 0.15) is 19.0 Å². The lowest BCUT2D eigenvalue weighted by molar-refractivity contribution is -0.121. The molecule has 0 spiro atoms. The Morgan fingerprint density at radius 3 is 2.58 bits per heavy atom. The lowest BCUT2D eigenvalue weighted by atomic mass is 10.2. The molecular formula is C23H25ClN6O3. The minimum atomic E-state index is -0.385. The zero-order valence-corrected chi connectivity index (χ0v) is 19.2. The Bertz CT molecular complexity index is 1310. The maximum Gasteiger partial charge on any atom is 0.280 e. The van der Waals surface area contributed by atoms with E-state index in [2.05, 4.69) is 15.5 Å². The topological polar surface area (TPSA) is 96.0 Å². The predicted octanol–water partition coefficient (Wildman–Crippen LogP) is 2.88. The van der Waals surface area contributed by atoms with Gasteiger partial charge >= 0.3 is 0 Å². The number of halogens is 1. The van der Waals surface area contributed by atoms with Gasteiger partial charge in [-0.15, -0.1) is 0 Å². The summed E-state index contributed by atoms with van der Waals surface area (Å²) in [4.78, 5) is 25.9. The van der Waals surface area contributed by atoms with Gasteiger partial charge < -0.3 is 14.6 Å². The van der Waals surface area contributed by atoms with Crippen LogP contribution < -0.4 is 10.9 Å². The number of ether oxygens (including phenoxy) is 1. The molecule has 0 aliphatic rings. The van der Waals surface area contributed by atoms with E-state index in [1.54, 1.807) is 23.7 Å². The highest BCUT2D eigenvalue weighted by Gasteiger charge is 2.22. The molecule has 0 aliphatic carbocycles. The Labute approximate surface area is 195 Å². The Kier molecular flexibility index (Phi) is 6.90. The smallest absolute Gasteiger partial charge is 0.280 e. The van der Waals surface area contributed by atoms with Gasteiger partial charge in [0.25, 0.3) is 5.56 Å². The van der Waals surface area contributed by atoms with E-state index in [0.717, 1.165) is 5.69 Å². The zero-order valence-electron chi connectivity index (χ0n) is 18.5. The van der Waals surface area contributed by atoms with Crippen LogP contribution in [-0.4, -0.2) is 49.8 Å². The van der Waals surface area contributed by atoms with Crippen LogP contribution in [0.4, 0.5) is 0 Å². The van der Waals surface area contributed by atoms with E-state index in [4.69, 9.17) is 16.3 Å². The van der Waals surface area contributed by atoms with Crippen molar-refractivity contribution >= 4 is 28.4 Å². The van der Waals surface area contributed by atoms with Crippen LogP contribution >= 0.6 is 11.6 Å². The Hall–Kier alpha value is -3.43. The van der Waals surface area contributed by atoms with Crippen molar-refractivity contribution in [3.63, 3.8) is 0 Å². The Balaban J connectivity index is 1.74. The van der Waals surface area contributed by atoms with Crippen molar-refractivity contribution in [1.82, 2.24) is 29.4 Å². The van der Waals surface area contributed by atoms with Crippen molar-refractivity contribution in [1.29, 1.82) is 0 Å². The molecule has 9 nitrogen and oxygen atoms in total. The summed E-state index contributed by atoms with van der Waals surface area (Å²) in [6, 6.07) is 10.9. The number of hydrogen-bond donors (Lipinski definition) is 1. The van der Waals surface area contributed by atoms with E-state index in [0.29, 0.717) is 53.6 Å². The molecule has 0 aliphatic heterocycles. The number of aromatic nitrogens is 5. The summed E-state index contributed by atoms with van der Waals surface area (Å²) >= 11 is 6.05. The minimum absolute atomic E-state index is 0.179. The molecule has 4 rings (SSSR count). The second-order valence-electron chi connectivity index (χ2n) is 7.47. The SMILES string of the molecule is CCOCCCNC(=O)Cn1nc(C)c2nn(-c3ccc(Cl)cc3)c(-n3cccc3)c2c1=O. The van der Waals surface area contributed by atoms with Gasteiger partial charge in [-0.1, -0.05) is 11.6 Å². The van der Waals surface area contributed by atoms with Crippen molar-refractivity contribution < 1.29 is 9.53 Å². The van der Waals surface area contributed by atoms with Crippen LogP contribution in [-0.2, 0) is 16.1 Å². The highest BCUT2D eigenvalue weighted by molar-refractivity contribution is 6.30. The lowest BCUT2D eigenvalue weighted by Gasteiger charge is -2.10. The van der Waals surface area contributed by atoms with Crippen LogP contribution in [0.3, 0.4) is 0 Å². The van der Waals surface area contributed by atoms with Crippen LogP contribution in [0.2, 0.25) is 5.02 Å². The number of carbonyl (C=O) groups excluding carboxylic acids is 1. The number of amides is 1. The van der Waals surface area contributed by atoms with E-state index >= 15 is 0 Å². The summed E-state index contributed by atoms with van der Waals surface area (Å²) < 4.78 is 9.98. The van der Waals surface area contributed by atoms with E-state index in [-0.39, 0.29) is 18.0 Å². The molecule has 3 aromatic heterocycles. The number of fused-ring (bicyclic) bond motifs is 1. The molecule has 0 radical (unpaired) electrons. The molecule has 4 aromatic rings. The Morgan fingerprint density at radius 1 is 1.15 bits per heavy atom. The molecular weight excluding hydrogens is 444 g/mol. The number of nitrogens with one attached hydrogen (secondary N) is 1. The van der Waals surface area contributed by atoms with Gasteiger partial charge in [0, 0.05) is 37.2 Å². The summed E-state index contributed by atoms with van der Waals surface area (Å²) in [7, 11) is 0. The van der Waals surface area contributed by atoms with Gasteiger partial charge in [0.05, 0.1) is 11.4 Å². The average Bonchev–Trinajstić information content (AvgIpc) is 3.46. The largest absolute Gasteiger partial charge is 0.382 e. The summed E-state index contributed by atoms with van der Waals surface area (Å²) in [6.45, 7) is 5.20. The third-order valence-electron chi connectivity index (χ3n) is 5.13. The summed E-state index contributed by atoms with van der Waals surface area (Å²) in [5.74, 6) is 0.283. The fourth-order valence-electron chi connectivity index (χ4n) is 3.58. The molecule has 0 atom stereocenters. The minimum Gasteiger partial charge on any atom is -0.382 e. The molecule has 33 heavy (non-hydrogen) atoms. The predicted molar refractivity (Wildman–Crippen MR) is 126 cm³/mol. The number of benzene rings is 1. The molecule has 1 amide bonds. The molecule has 172 valence electrons. The third kappa shape index (κ3) is 4.84. The van der Waals surface area contributed by atoms with Gasteiger partial charge in [0.15, 0.2) is 5.82 Å². The molecule has 1 aromatic carbocycles. The first-order chi connectivity index (χ1) is 16.0. The van der Waals surface area contributed by atoms with Crippen molar-refractivity contribution in [2.24, 2.45) is 0 Å². The Morgan fingerprint density at radius 2 is 1.88 bits per heavy atom. The highest BCUT2D eigenvalue weighted by atomic mass is 35.5. The number of aryl methyl sites for hydroxylation is 1. The normalized spacial score (nSPS) is 11.2. The van der Waals surface area contributed by atoms with Gasteiger partial charge in [0.1, 0.15) is 17.4 Å². The fourth-order valence-corrected chi connectivity index (χ4v) is 3.71. The second kappa shape index (κ2) is 10.0. The van der Waals surface area contributed by atoms with Gasteiger partial charge in [-0.3, -0.25) is 9.59 Å². The number of hydrogen-bond acceptors (Lipinski definition) is 5. The van der Waals surface area contributed by atoms with Gasteiger partial charge in [-0.2, -0.15) is 10.2 Å². The maximum absolute atomic E-state index is 13.5. The number of nitrogens with zero attached hydrogens (tertiary/aromatic N) is 5. The first-order valence-corrected chi connectivity index (χ1v) is 11.1. The first kappa shape index (κ1) is 22.8. The molecule has 0 unspecified atom stereocenters. The summed E-state index contributed by atoms with van der Waals surface area (Å²) in [5, 5.41) is 12.8. The van der Waals surface area contributed by atoms with Crippen LogP contribution in [0, 0.1) is 6.92 Å². The standard InChI is InChI=1S/C23H25ClN6O3/c1-3-33-14-6-11-25-19(31)15-29-23(32)20-21(16(2)26-29)27-30(18-9-7-17(24)8-10-18)22(20)28-12-4-5-13-28/h4-5,7-10,12-13H,3,6,11,14-15H2,1-2H3,(H,25,31). The number of carbonyl (C=O) groups is 1. The van der Waals surface area contributed by atoms with Gasteiger partial charge in [-0.05, 0) is 56.7 Å². The number of rotatable bonds is 9. The quantitative estimate of drug-likeness (QED) is 0.381. The van der Waals surface area contributed by atoms with Crippen LogP contribution in [0.15, 0.2) is 53.6 Å². The highest BCUT2D eigenvalue weighted by Crippen LogP contribution is 2.25. The fraction of sp³-hybridized carbons (Fsp3) is 0.304. The summed E-state index contributed by atoms with van der Waals surface area (Å²) in [6.07, 6.45) is 4.38. The van der Waals surface area contributed by atoms with Crippen LogP contribution in [0.25, 0.3) is 22.4 Å². The van der Waals surface area contributed by atoms with Gasteiger partial charge in [0.2, 0.25) is 5.91 Å². The van der Waals surface area contributed by atoms with Crippen molar-refractivity contribution in [2.45, 2.75) is 26.8 Å². The molecule has 0 saturated heterocycles. The third-order valence-corrected chi connectivity index (χ3v) is 5.38. The summed E-state index contributed by atoms with van der Waals surface area (Å²) in [5.41, 5.74) is 1.39. The molecule has 0 saturated carbocycles. The molecule has 0 bridgehead atoms. The maximum atomic E-state index is 13.5. The molecule has 1 N–H and O–H groups in total. The van der Waals surface area contributed by atoms with E-state index in [9.17, 15) is 9.59 Å². The molecule has 3 heterocycles. The zero-order chi connectivity index (χ0) is 23.4. The van der Waals surface area contributed by atoms with Crippen molar-refractivity contribution in [3.8, 4) is 11.5 Å². The molecule has 10 heteroatoms. The van der Waals surface area contributed by atoms with Crippen molar-refractivity contribution in [3.05, 3.63) is 69.9 Å². The van der Waals surface area contributed by atoms with E-state index in [1.807, 2.05) is 48.1 Å². The second-order valence-corrected chi connectivity index (χ2v) is 7.91. The van der Waals surface area contributed by atoms with Gasteiger partial charge in [-0.25, -0.2) is 9.36 Å². The van der Waals surface area contributed by atoms with Crippen molar-refractivity contribution in [2.75, 3.05) is 19.8 Å². The average molecular weight is 469 g/mol. The molecule has 0 fully saturated rings. The van der Waals surface area contributed by atoms with E-state index < -0.39 is 0 Å². The lowest BCUT2D eigenvalue weighted by Crippen LogP contribution is -2.35. The van der Waals surface area contributed by atoms with Crippen LogP contribution in [0.5, 0.6) is 0 Å². The monoisotopic (exact) mass is 468 g/mol. The first-order valence-electron chi connectivity index (χ1n) is 10.7.